The third-order valence-electron chi connectivity index (χ3n) is 5.40. The van der Waals surface area contributed by atoms with E-state index in [4.69, 9.17) is 11.6 Å². The smallest absolute Gasteiger partial charge is 0.350 e. The van der Waals surface area contributed by atoms with Crippen molar-refractivity contribution in [3.63, 3.8) is 0 Å². The Bertz CT molecular complexity index is 1170. The van der Waals surface area contributed by atoms with Gasteiger partial charge in [-0.25, -0.2) is 23.3 Å². The van der Waals surface area contributed by atoms with Gasteiger partial charge in [-0.15, -0.1) is 5.10 Å². The second-order valence-electron chi connectivity index (χ2n) is 7.64. The molecule has 9 nitrogen and oxygen atoms in total. The maximum atomic E-state index is 13.7. The molecule has 0 unspecified atom stereocenters. The molecule has 0 spiro atoms. The number of piperazine rings is 1. The maximum absolute atomic E-state index is 13.7. The van der Waals surface area contributed by atoms with Crippen LogP contribution in [0.5, 0.6) is 0 Å². The van der Waals surface area contributed by atoms with Crippen LogP contribution in [0.1, 0.15) is 18.5 Å². The van der Waals surface area contributed by atoms with Gasteiger partial charge in [0.05, 0.1) is 11.1 Å². The molecule has 1 fully saturated rings. The zero-order valence-corrected chi connectivity index (χ0v) is 18.0. The second kappa shape index (κ2) is 8.64. The minimum Gasteiger partial charge on any atom is -0.351 e. The van der Waals surface area contributed by atoms with Crippen LogP contribution >= 0.6 is 11.6 Å². The van der Waals surface area contributed by atoms with Gasteiger partial charge >= 0.3 is 5.69 Å². The Hall–Kier alpha value is -2.98. The Labute approximate surface area is 183 Å². The zero-order chi connectivity index (χ0) is 22.1. The number of likely N-dealkylation sites (N-methyl/N-ethyl adjacent to an activating group) is 1. The molecule has 1 N–H and O–H groups in total. The van der Waals surface area contributed by atoms with Gasteiger partial charge in [0.2, 0.25) is 11.6 Å². The first kappa shape index (κ1) is 21.3. The summed E-state index contributed by atoms with van der Waals surface area (Å²) in [6.45, 7) is 4.80. The number of rotatable bonds is 5. The lowest BCUT2D eigenvalue weighted by Gasteiger charge is -2.32. The minimum atomic E-state index is -0.555. The van der Waals surface area contributed by atoms with Crippen molar-refractivity contribution in [3.05, 3.63) is 57.5 Å². The Kier molecular flexibility index (Phi) is 5.92. The summed E-state index contributed by atoms with van der Waals surface area (Å²) in [5, 5.41) is 7.14. The van der Waals surface area contributed by atoms with Crippen molar-refractivity contribution in [2.45, 2.75) is 19.5 Å². The highest BCUT2D eigenvalue weighted by atomic mass is 35.5. The van der Waals surface area contributed by atoms with E-state index in [-0.39, 0.29) is 11.6 Å². The van der Waals surface area contributed by atoms with E-state index in [0.717, 1.165) is 30.9 Å². The van der Waals surface area contributed by atoms with E-state index >= 15 is 0 Å². The fourth-order valence-corrected chi connectivity index (χ4v) is 3.69. The van der Waals surface area contributed by atoms with E-state index in [9.17, 15) is 14.0 Å². The first-order valence-electron chi connectivity index (χ1n) is 9.95. The predicted octanol–water partition coefficient (Wildman–Crippen LogP) is 1.31. The average molecular weight is 448 g/mol. The molecule has 1 aromatic carbocycles. The molecule has 1 atom stereocenters. The molecule has 164 valence electrons. The van der Waals surface area contributed by atoms with Crippen molar-refractivity contribution >= 4 is 29.0 Å². The van der Waals surface area contributed by atoms with Gasteiger partial charge in [-0.05, 0) is 31.7 Å². The molecule has 0 saturated carbocycles. The first-order chi connectivity index (χ1) is 14.8. The molecule has 0 aliphatic carbocycles. The fourth-order valence-electron chi connectivity index (χ4n) is 3.57. The highest BCUT2D eigenvalue weighted by molar-refractivity contribution is 6.30. The number of hydrogen-bond acceptors (Lipinski definition) is 6. The van der Waals surface area contributed by atoms with Gasteiger partial charge in [0.1, 0.15) is 12.4 Å². The lowest BCUT2D eigenvalue weighted by atomic mass is 10.1. The third-order valence-corrected chi connectivity index (χ3v) is 5.71. The lowest BCUT2D eigenvalue weighted by Crippen LogP contribution is -2.45. The molecule has 11 heteroatoms. The SMILES string of the molecule is C[C@H](NC(=O)Cn1nc2c(N3CCN(C)CC3)nccn2c1=O)c1ccc(Cl)c(F)c1. The average Bonchev–Trinajstić information content (AvgIpc) is 3.06. The summed E-state index contributed by atoms with van der Waals surface area (Å²) in [5.74, 6) is -0.347. The number of halogens is 2. The zero-order valence-electron chi connectivity index (χ0n) is 17.3. The number of aromatic nitrogens is 4. The minimum absolute atomic E-state index is 0.0169. The molecule has 0 bridgehead atoms. The van der Waals surface area contributed by atoms with E-state index in [1.54, 1.807) is 19.2 Å². The summed E-state index contributed by atoms with van der Waals surface area (Å²) in [7, 11) is 2.06. The highest BCUT2D eigenvalue weighted by Gasteiger charge is 2.21. The highest BCUT2D eigenvalue weighted by Crippen LogP contribution is 2.20. The van der Waals surface area contributed by atoms with Crippen molar-refractivity contribution < 1.29 is 9.18 Å². The van der Waals surface area contributed by atoms with Crippen molar-refractivity contribution in [2.75, 3.05) is 38.1 Å². The van der Waals surface area contributed by atoms with Crippen LogP contribution in [0, 0.1) is 5.82 Å². The van der Waals surface area contributed by atoms with E-state index in [1.165, 1.54) is 22.7 Å². The van der Waals surface area contributed by atoms with E-state index < -0.39 is 23.5 Å². The number of carbonyl (C=O) groups excluding carboxylic acids is 1. The quantitative estimate of drug-likeness (QED) is 0.634. The van der Waals surface area contributed by atoms with E-state index in [0.29, 0.717) is 17.0 Å². The van der Waals surface area contributed by atoms with Gasteiger partial charge in [0.25, 0.3) is 0 Å². The summed E-state index contributed by atoms with van der Waals surface area (Å²) < 4.78 is 16.2. The summed E-state index contributed by atoms with van der Waals surface area (Å²) in [4.78, 5) is 34.0. The van der Waals surface area contributed by atoms with Crippen LogP contribution in [0.25, 0.3) is 5.65 Å². The second-order valence-corrected chi connectivity index (χ2v) is 8.04. The van der Waals surface area contributed by atoms with Gasteiger partial charge in [0, 0.05) is 38.6 Å². The molecule has 1 aliphatic rings. The van der Waals surface area contributed by atoms with Gasteiger partial charge in [-0.2, -0.15) is 0 Å². The summed E-state index contributed by atoms with van der Waals surface area (Å²) in [6.07, 6.45) is 3.10. The van der Waals surface area contributed by atoms with E-state index in [2.05, 4.69) is 32.2 Å². The number of benzene rings is 1. The number of nitrogens with zero attached hydrogens (tertiary/aromatic N) is 6. The molecular weight excluding hydrogens is 425 g/mol. The first-order valence-corrected chi connectivity index (χ1v) is 10.3. The number of nitrogens with one attached hydrogen (secondary N) is 1. The standard InChI is InChI=1S/C20H23ClFN7O2/c1-13(14-3-4-15(21)16(22)11-14)24-17(30)12-29-20(31)28-6-5-23-18(19(28)25-29)27-9-7-26(2)8-10-27/h3-6,11,13H,7-10,12H2,1-2H3,(H,24,30)/t13-/m0/s1. The van der Waals surface area contributed by atoms with Crippen molar-refractivity contribution in [3.8, 4) is 0 Å². The molecule has 3 aromatic rings. The van der Waals surface area contributed by atoms with Crippen LogP contribution in [0.15, 0.2) is 35.4 Å². The molecule has 3 heterocycles. The third kappa shape index (κ3) is 4.40. The largest absolute Gasteiger partial charge is 0.351 e. The van der Waals surface area contributed by atoms with Crippen LogP contribution in [-0.2, 0) is 11.3 Å². The maximum Gasteiger partial charge on any atom is 0.350 e. The summed E-state index contributed by atoms with van der Waals surface area (Å²) >= 11 is 5.71. The summed E-state index contributed by atoms with van der Waals surface area (Å²) in [6, 6.07) is 3.89. The normalized spacial score (nSPS) is 15.9. The topological polar surface area (TPSA) is 87.8 Å². The lowest BCUT2D eigenvalue weighted by molar-refractivity contribution is -0.122. The molecular formula is C20H23ClFN7O2. The van der Waals surface area contributed by atoms with Crippen molar-refractivity contribution in [1.29, 1.82) is 0 Å². The Morgan fingerprint density at radius 1 is 1.29 bits per heavy atom. The molecule has 1 aliphatic heterocycles. The molecule has 1 amide bonds. The van der Waals surface area contributed by atoms with Crippen molar-refractivity contribution in [2.24, 2.45) is 0 Å². The number of amides is 1. The number of carbonyl (C=O) groups is 1. The van der Waals surface area contributed by atoms with E-state index in [1.807, 2.05) is 0 Å². The number of anilines is 1. The van der Waals surface area contributed by atoms with Gasteiger partial charge in [-0.3, -0.25) is 4.79 Å². The van der Waals surface area contributed by atoms with Gasteiger partial charge in [0.15, 0.2) is 5.82 Å². The van der Waals surface area contributed by atoms with Crippen LogP contribution in [0.4, 0.5) is 10.2 Å². The van der Waals surface area contributed by atoms with Crippen molar-refractivity contribution in [1.82, 2.24) is 29.4 Å². The Balaban J connectivity index is 1.52. The fraction of sp³-hybridized carbons (Fsp3) is 0.400. The molecule has 4 rings (SSSR count). The van der Waals surface area contributed by atoms with Crippen LogP contribution in [-0.4, -0.2) is 63.2 Å². The Morgan fingerprint density at radius 2 is 2.03 bits per heavy atom. The van der Waals surface area contributed by atoms with Crippen LogP contribution in [0.2, 0.25) is 5.02 Å². The molecule has 31 heavy (non-hydrogen) atoms. The van der Waals surface area contributed by atoms with Crippen LogP contribution < -0.4 is 15.9 Å². The van der Waals surface area contributed by atoms with Gasteiger partial charge < -0.3 is 15.1 Å². The Morgan fingerprint density at radius 3 is 2.74 bits per heavy atom. The van der Waals surface area contributed by atoms with Crippen LogP contribution in [0.3, 0.4) is 0 Å². The molecule has 1 saturated heterocycles. The monoisotopic (exact) mass is 447 g/mol. The number of fused-ring (bicyclic) bond motifs is 1. The number of hydrogen-bond donors (Lipinski definition) is 1. The van der Waals surface area contributed by atoms with Gasteiger partial charge in [-0.1, -0.05) is 17.7 Å². The molecule has 0 radical (unpaired) electrons. The summed E-state index contributed by atoms with van der Waals surface area (Å²) in [5.41, 5.74) is 0.560. The predicted molar refractivity (Wildman–Crippen MR) is 115 cm³/mol. The molecule has 2 aromatic heterocycles.